The van der Waals surface area contributed by atoms with E-state index in [0.717, 1.165) is 5.39 Å². The van der Waals surface area contributed by atoms with Crippen molar-refractivity contribution in [1.82, 2.24) is 15.0 Å². The minimum atomic E-state index is -0.993. The van der Waals surface area contributed by atoms with E-state index < -0.39 is 5.97 Å². The molecule has 3 rings (SSSR count). The zero-order chi connectivity index (χ0) is 13.9. The number of aromatic nitrogens is 3. The standard InChI is InChI=1S/C14H10N4O2/c19-13(20)10-7-9-3-1-4-15-12(9)11(8-10)18-14-16-5-2-6-17-14/h1-8H,(H,19,20)(H,16,17,18). The van der Waals surface area contributed by atoms with Gasteiger partial charge < -0.3 is 10.4 Å². The fourth-order valence-electron chi connectivity index (χ4n) is 1.90. The fourth-order valence-corrected chi connectivity index (χ4v) is 1.90. The maximum absolute atomic E-state index is 11.2. The number of carbonyl (C=O) groups is 1. The lowest BCUT2D eigenvalue weighted by Gasteiger charge is -2.08. The average molecular weight is 266 g/mol. The van der Waals surface area contributed by atoms with Gasteiger partial charge in [0.2, 0.25) is 5.95 Å². The first kappa shape index (κ1) is 12.0. The van der Waals surface area contributed by atoms with Crippen molar-refractivity contribution >= 4 is 28.5 Å². The monoisotopic (exact) mass is 266 g/mol. The number of aromatic carboxylic acids is 1. The molecule has 0 spiro atoms. The second kappa shape index (κ2) is 4.93. The summed E-state index contributed by atoms with van der Waals surface area (Å²) in [5.74, 6) is -0.602. The molecule has 20 heavy (non-hydrogen) atoms. The number of rotatable bonds is 3. The van der Waals surface area contributed by atoms with E-state index in [1.165, 1.54) is 6.07 Å². The van der Waals surface area contributed by atoms with Crippen LogP contribution < -0.4 is 5.32 Å². The minimum Gasteiger partial charge on any atom is -0.478 e. The Morgan fingerprint density at radius 3 is 2.55 bits per heavy atom. The molecule has 2 aromatic heterocycles. The quantitative estimate of drug-likeness (QED) is 0.757. The Bertz CT molecular complexity index is 774. The number of carboxylic acid groups (broad SMARTS) is 1. The summed E-state index contributed by atoms with van der Waals surface area (Å²) < 4.78 is 0. The highest BCUT2D eigenvalue weighted by Gasteiger charge is 2.10. The number of pyridine rings is 1. The molecule has 6 heteroatoms. The molecular formula is C14H10N4O2. The lowest BCUT2D eigenvalue weighted by atomic mass is 10.1. The summed E-state index contributed by atoms with van der Waals surface area (Å²) in [5, 5.41) is 12.9. The maximum Gasteiger partial charge on any atom is 0.335 e. The van der Waals surface area contributed by atoms with Crippen molar-refractivity contribution in [2.45, 2.75) is 0 Å². The molecular weight excluding hydrogens is 256 g/mol. The largest absolute Gasteiger partial charge is 0.478 e. The van der Waals surface area contributed by atoms with Crippen LogP contribution in [0.2, 0.25) is 0 Å². The van der Waals surface area contributed by atoms with E-state index >= 15 is 0 Å². The number of fused-ring (bicyclic) bond motifs is 1. The third kappa shape index (κ3) is 2.26. The predicted molar refractivity (Wildman–Crippen MR) is 74.0 cm³/mol. The molecule has 1 aromatic carbocycles. The van der Waals surface area contributed by atoms with Gasteiger partial charge in [0.25, 0.3) is 0 Å². The van der Waals surface area contributed by atoms with Gasteiger partial charge in [-0.1, -0.05) is 6.07 Å². The van der Waals surface area contributed by atoms with Crippen molar-refractivity contribution in [3.05, 3.63) is 54.5 Å². The summed E-state index contributed by atoms with van der Waals surface area (Å²) in [6.45, 7) is 0. The van der Waals surface area contributed by atoms with E-state index in [9.17, 15) is 4.79 Å². The molecule has 0 atom stereocenters. The summed E-state index contributed by atoms with van der Waals surface area (Å²) in [6, 6.07) is 8.38. The molecule has 0 amide bonds. The van der Waals surface area contributed by atoms with E-state index in [-0.39, 0.29) is 5.56 Å². The predicted octanol–water partition coefficient (Wildman–Crippen LogP) is 2.47. The molecule has 98 valence electrons. The Morgan fingerprint density at radius 1 is 1.05 bits per heavy atom. The van der Waals surface area contributed by atoms with E-state index in [0.29, 0.717) is 17.2 Å². The van der Waals surface area contributed by atoms with Crippen molar-refractivity contribution in [2.24, 2.45) is 0 Å². The Balaban J connectivity index is 2.15. The van der Waals surface area contributed by atoms with Gasteiger partial charge in [-0.25, -0.2) is 14.8 Å². The van der Waals surface area contributed by atoms with Gasteiger partial charge in [0.05, 0.1) is 16.8 Å². The first-order chi connectivity index (χ1) is 9.74. The van der Waals surface area contributed by atoms with Crippen LogP contribution in [0.3, 0.4) is 0 Å². The Kier molecular flexibility index (Phi) is 2.96. The van der Waals surface area contributed by atoms with E-state index in [4.69, 9.17) is 5.11 Å². The third-order valence-corrected chi connectivity index (χ3v) is 2.76. The Labute approximate surface area is 114 Å². The van der Waals surface area contributed by atoms with Crippen LogP contribution in [0.4, 0.5) is 11.6 Å². The van der Waals surface area contributed by atoms with Crippen molar-refractivity contribution in [1.29, 1.82) is 0 Å². The van der Waals surface area contributed by atoms with Crippen LogP contribution in [0.25, 0.3) is 10.9 Å². The van der Waals surface area contributed by atoms with Crippen molar-refractivity contribution in [2.75, 3.05) is 5.32 Å². The minimum absolute atomic E-state index is 0.184. The van der Waals surface area contributed by atoms with E-state index in [1.807, 2.05) is 6.07 Å². The number of benzene rings is 1. The summed E-state index contributed by atoms with van der Waals surface area (Å²) in [7, 11) is 0. The molecule has 0 saturated heterocycles. The summed E-state index contributed by atoms with van der Waals surface area (Å²) in [4.78, 5) is 23.6. The van der Waals surface area contributed by atoms with Crippen LogP contribution in [-0.2, 0) is 0 Å². The molecule has 0 saturated carbocycles. The van der Waals surface area contributed by atoms with Gasteiger partial charge in [-0.3, -0.25) is 4.98 Å². The highest BCUT2D eigenvalue weighted by Crippen LogP contribution is 2.25. The molecule has 0 aliphatic heterocycles. The number of anilines is 2. The van der Waals surface area contributed by atoms with Gasteiger partial charge in [-0.15, -0.1) is 0 Å². The molecule has 0 bridgehead atoms. The van der Waals surface area contributed by atoms with Gasteiger partial charge in [0.1, 0.15) is 0 Å². The summed E-state index contributed by atoms with van der Waals surface area (Å²) in [6.07, 6.45) is 4.86. The van der Waals surface area contributed by atoms with Crippen LogP contribution in [0, 0.1) is 0 Å². The van der Waals surface area contributed by atoms with Crippen LogP contribution in [0.15, 0.2) is 48.9 Å². The van der Waals surface area contributed by atoms with Crippen LogP contribution in [-0.4, -0.2) is 26.0 Å². The molecule has 2 heterocycles. The lowest BCUT2D eigenvalue weighted by molar-refractivity contribution is 0.0697. The molecule has 2 N–H and O–H groups in total. The molecule has 0 radical (unpaired) electrons. The maximum atomic E-state index is 11.2. The number of carboxylic acids is 1. The first-order valence-corrected chi connectivity index (χ1v) is 5.90. The van der Waals surface area contributed by atoms with Crippen LogP contribution in [0.5, 0.6) is 0 Å². The summed E-state index contributed by atoms with van der Waals surface area (Å²) in [5.41, 5.74) is 1.42. The average Bonchev–Trinajstić information content (AvgIpc) is 2.48. The van der Waals surface area contributed by atoms with Gasteiger partial charge in [0.15, 0.2) is 0 Å². The second-order valence-electron chi connectivity index (χ2n) is 4.10. The van der Waals surface area contributed by atoms with E-state index in [1.54, 1.807) is 36.8 Å². The van der Waals surface area contributed by atoms with Crippen LogP contribution >= 0.6 is 0 Å². The van der Waals surface area contributed by atoms with Crippen LogP contribution in [0.1, 0.15) is 10.4 Å². The SMILES string of the molecule is O=C(O)c1cc(Nc2ncccn2)c2ncccc2c1. The van der Waals surface area contributed by atoms with Crippen molar-refractivity contribution in [3.63, 3.8) is 0 Å². The smallest absolute Gasteiger partial charge is 0.335 e. The lowest BCUT2D eigenvalue weighted by Crippen LogP contribution is -2.01. The number of hydrogen-bond donors (Lipinski definition) is 2. The van der Waals surface area contributed by atoms with Gasteiger partial charge in [-0.2, -0.15) is 0 Å². The first-order valence-electron chi connectivity index (χ1n) is 5.90. The second-order valence-corrected chi connectivity index (χ2v) is 4.10. The number of hydrogen-bond acceptors (Lipinski definition) is 5. The summed E-state index contributed by atoms with van der Waals surface area (Å²) >= 11 is 0. The third-order valence-electron chi connectivity index (χ3n) is 2.76. The zero-order valence-corrected chi connectivity index (χ0v) is 10.3. The molecule has 3 aromatic rings. The normalized spacial score (nSPS) is 10.4. The van der Waals surface area contributed by atoms with Gasteiger partial charge in [0, 0.05) is 24.0 Å². The van der Waals surface area contributed by atoms with Gasteiger partial charge in [-0.05, 0) is 24.3 Å². The van der Waals surface area contributed by atoms with Gasteiger partial charge >= 0.3 is 5.97 Å². The molecule has 0 fully saturated rings. The molecule has 0 unspecified atom stereocenters. The Morgan fingerprint density at radius 2 is 1.80 bits per heavy atom. The van der Waals surface area contributed by atoms with Crippen molar-refractivity contribution < 1.29 is 9.90 Å². The molecule has 0 aliphatic rings. The fraction of sp³-hybridized carbons (Fsp3) is 0. The zero-order valence-electron chi connectivity index (χ0n) is 10.3. The highest BCUT2D eigenvalue weighted by molar-refractivity contribution is 5.99. The Hall–Kier alpha value is -3.02. The topological polar surface area (TPSA) is 88.0 Å². The number of nitrogens with one attached hydrogen (secondary N) is 1. The van der Waals surface area contributed by atoms with E-state index in [2.05, 4.69) is 20.3 Å². The highest BCUT2D eigenvalue weighted by atomic mass is 16.4. The van der Waals surface area contributed by atoms with Crippen molar-refractivity contribution in [3.8, 4) is 0 Å². The molecule has 6 nitrogen and oxygen atoms in total. The molecule has 0 aliphatic carbocycles. The number of nitrogens with zero attached hydrogens (tertiary/aromatic N) is 3.